The van der Waals surface area contributed by atoms with Crippen molar-refractivity contribution < 1.29 is 27.4 Å². The fraction of sp³-hybridized carbons (Fsp3) is 0.188. The highest BCUT2D eigenvalue weighted by atomic mass is 127. The lowest BCUT2D eigenvalue weighted by molar-refractivity contribution is -0.274. The van der Waals surface area contributed by atoms with Crippen molar-refractivity contribution in [1.29, 1.82) is 0 Å². The van der Waals surface area contributed by atoms with Crippen LogP contribution in [0.5, 0.6) is 11.5 Å². The van der Waals surface area contributed by atoms with Crippen LogP contribution in [0.4, 0.5) is 13.2 Å². The highest BCUT2D eigenvalue weighted by molar-refractivity contribution is 14.1. The lowest BCUT2D eigenvalue weighted by atomic mass is 10.2. The van der Waals surface area contributed by atoms with Crippen molar-refractivity contribution in [2.75, 3.05) is 6.61 Å². The van der Waals surface area contributed by atoms with Crippen LogP contribution in [0.2, 0.25) is 0 Å². The van der Waals surface area contributed by atoms with Gasteiger partial charge in [0.2, 0.25) is 0 Å². The summed E-state index contributed by atoms with van der Waals surface area (Å²) in [6.45, 7) is -0.329. The Balaban J connectivity index is 1.86. The van der Waals surface area contributed by atoms with Gasteiger partial charge < -0.3 is 14.8 Å². The Morgan fingerprint density at radius 3 is 2.42 bits per heavy atom. The molecule has 1 amide bonds. The van der Waals surface area contributed by atoms with Crippen LogP contribution in [0.15, 0.2) is 48.5 Å². The molecule has 0 aliphatic heterocycles. The maximum absolute atomic E-state index is 12.3. The molecule has 128 valence electrons. The lowest BCUT2D eigenvalue weighted by Gasteiger charge is -2.13. The molecule has 8 heteroatoms. The molecule has 2 aromatic carbocycles. The van der Waals surface area contributed by atoms with Gasteiger partial charge in [-0.15, -0.1) is 13.2 Å². The molecule has 0 spiro atoms. The maximum atomic E-state index is 12.3. The molecule has 24 heavy (non-hydrogen) atoms. The molecule has 0 bridgehead atoms. The van der Waals surface area contributed by atoms with Crippen LogP contribution in [0.3, 0.4) is 0 Å². The van der Waals surface area contributed by atoms with Crippen molar-refractivity contribution in [1.82, 2.24) is 5.32 Å². The molecule has 0 heterocycles. The highest BCUT2D eigenvalue weighted by Gasteiger charge is 2.31. The van der Waals surface area contributed by atoms with Gasteiger partial charge in [0.15, 0.2) is 6.61 Å². The Hall–Kier alpha value is -1.97. The first kappa shape index (κ1) is 18.4. The molecule has 0 radical (unpaired) electrons. The number of hydrogen-bond donors (Lipinski definition) is 1. The van der Waals surface area contributed by atoms with Gasteiger partial charge in [0.05, 0.1) is 0 Å². The zero-order valence-electron chi connectivity index (χ0n) is 12.3. The van der Waals surface area contributed by atoms with Crippen molar-refractivity contribution in [3.05, 3.63) is 57.7 Å². The van der Waals surface area contributed by atoms with Crippen LogP contribution < -0.4 is 14.8 Å². The summed E-state index contributed by atoms with van der Waals surface area (Å²) in [5.41, 5.74) is 0.220. The summed E-state index contributed by atoms with van der Waals surface area (Å²) in [4.78, 5) is 11.8. The molecule has 0 saturated heterocycles. The van der Waals surface area contributed by atoms with Gasteiger partial charge in [-0.25, -0.2) is 0 Å². The fourth-order valence-electron chi connectivity index (χ4n) is 1.80. The van der Waals surface area contributed by atoms with Gasteiger partial charge in [0, 0.05) is 15.7 Å². The van der Waals surface area contributed by atoms with Crippen LogP contribution in [0, 0.1) is 3.57 Å². The molecular formula is C16H13F3INO3. The van der Waals surface area contributed by atoms with Gasteiger partial charge in [0.1, 0.15) is 11.5 Å². The highest BCUT2D eigenvalue weighted by Crippen LogP contribution is 2.26. The summed E-state index contributed by atoms with van der Waals surface area (Å²) in [7, 11) is 0. The number of carbonyl (C=O) groups excluding carboxylic acids is 1. The zero-order chi connectivity index (χ0) is 17.6. The van der Waals surface area contributed by atoms with E-state index in [1.54, 1.807) is 18.2 Å². The minimum absolute atomic E-state index is 0.0961. The number of benzene rings is 2. The van der Waals surface area contributed by atoms with E-state index >= 15 is 0 Å². The van der Waals surface area contributed by atoms with Gasteiger partial charge in [-0.05, 0) is 52.9 Å². The van der Waals surface area contributed by atoms with Crippen molar-refractivity contribution in [3.63, 3.8) is 0 Å². The van der Waals surface area contributed by atoms with Crippen molar-refractivity contribution in [2.24, 2.45) is 0 Å². The van der Waals surface area contributed by atoms with E-state index < -0.39 is 12.3 Å². The second-order valence-corrected chi connectivity index (χ2v) is 5.92. The largest absolute Gasteiger partial charge is 0.573 e. The number of alkyl halides is 3. The molecule has 0 aliphatic carbocycles. The molecule has 0 fully saturated rings. The van der Waals surface area contributed by atoms with E-state index in [1.807, 2.05) is 12.1 Å². The third-order valence-electron chi connectivity index (χ3n) is 2.86. The van der Waals surface area contributed by atoms with Crippen molar-refractivity contribution in [3.8, 4) is 11.5 Å². The van der Waals surface area contributed by atoms with Crippen LogP contribution in [0.1, 0.15) is 5.56 Å². The summed E-state index contributed by atoms with van der Waals surface area (Å²) in [6.07, 6.45) is -4.78. The Labute approximate surface area is 150 Å². The summed E-state index contributed by atoms with van der Waals surface area (Å²) in [5, 5.41) is 2.49. The van der Waals surface area contributed by atoms with E-state index in [0.717, 1.165) is 3.57 Å². The normalized spacial score (nSPS) is 11.0. The quantitative estimate of drug-likeness (QED) is 0.679. The minimum Gasteiger partial charge on any atom is -0.484 e. The van der Waals surface area contributed by atoms with Crippen LogP contribution in [-0.4, -0.2) is 18.9 Å². The lowest BCUT2D eigenvalue weighted by Crippen LogP contribution is -2.29. The first-order valence-electron chi connectivity index (χ1n) is 6.82. The number of ether oxygens (including phenoxy) is 2. The SMILES string of the molecule is O=C(COc1ccc(I)cc1)NCc1ccccc1OC(F)(F)F. The fourth-order valence-corrected chi connectivity index (χ4v) is 2.16. The molecule has 0 saturated carbocycles. The molecule has 2 rings (SSSR count). The van der Waals surface area contributed by atoms with Crippen LogP contribution in [0.25, 0.3) is 0 Å². The number of carbonyl (C=O) groups is 1. The predicted molar refractivity (Wildman–Crippen MR) is 89.6 cm³/mol. The molecule has 0 aliphatic rings. The number of hydrogen-bond acceptors (Lipinski definition) is 3. The second-order valence-electron chi connectivity index (χ2n) is 4.67. The van der Waals surface area contributed by atoms with Gasteiger partial charge in [-0.2, -0.15) is 0 Å². The number of rotatable bonds is 6. The molecule has 0 aromatic heterocycles. The van der Waals surface area contributed by atoms with E-state index in [4.69, 9.17) is 4.74 Å². The van der Waals surface area contributed by atoms with E-state index in [0.29, 0.717) is 5.75 Å². The van der Waals surface area contributed by atoms with Crippen molar-refractivity contribution >= 4 is 28.5 Å². The average Bonchev–Trinajstić information content (AvgIpc) is 2.52. The third-order valence-corrected chi connectivity index (χ3v) is 3.58. The van der Waals surface area contributed by atoms with E-state index in [-0.39, 0.29) is 24.5 Å². The van der Waals surface area contributed by atoms with Gasteiger partial charge in [-0.1, -0.05) is 18.2 Å². The summed E-state index contributed by atoms with van der Waals surface area (Å²) < 4.78 is 47.2. The molecule has 1 N–H and O–H groups in total. The Morgan fingerprint density at radius 1 is 1.08 bits per heavy atom. The Morgan fingerprint density at radius 2 is 1.75 bits per heavy atom. The summed E-state index contributed by atoms with van der Waals surface area (Å²) >= 11 is 2.14. The minimum atomic E-state index is -4.78. The summed E-state index contributed by atoms with van der Waals surface area (Å²) in [5.74, 6) is -0.259. The number of halogens is 4. The van der Waals surface area contributed by atoms with Crippen molar-refractivity contribution in [2.45, 2.75) is 12.9 Å². The first-order chi connectivity index (χ1) is 11.3. The second kappa shape index (κ2) is 8.22. The number of amides is 1. The molecular weight excluding hydrogens is 438 g/mol. The van der Waals surface area contributed by atoms with E-state index in [9.17, 15) is 18.0 Å². The molecule has 2 aromatic rings. The topological polar surface area (TPSA) is 47.6 Å². The monoisotopic (exact) mass is 451 g/mol. The Bertz CT molecular complexity index is 690. The van der Waals surface area contributed by atoms with Gasteiger partial charge in [0.25, 0.3) is 5.91 Å². The Kier molecular flexibility index (Phi) is 6.29. The van der Waals surface area contributed by atoms with E-state index in [1.165, 1.54) is 18.2 Å². The number of para-hydroxylation sites is 1. The third kappa shape index (κ3) is 6.26. The predicted octanol–water partition coefficient (Wildman–Crippen LogP) is 3.89. The molecule has 0 unspecified atom stereocenters. The smallest absolute Gasteiger partial charge is 0.484 e. The maximum Gasteiger partial charge on any atom is 0.573 e. The van der Waals surface area contributed by atoms with Gasteiger partial charge in [-0.3, -0.25) is 4.79 Å². The first-order valence-corrected chi connectivity index (χ1v) is 7.90. The molecule has 0 atom stereocenters. The van der Waals surface area contributed by atoms with Crippen LogP contribution >= 0.6 is 22.6 Å². The average molecular weight is 451 g/mol. The zero-order valence-corrected chi connectivity index (χ0v) is 14.4. The van der Waals surface area contributed by atoms with Crippen LogP contribution in [-0.2, 0) is 11.3 Å². The summed E-state index contributed by atoms with van der Waals surface area (Å²) in [6, 6.07) is 12.7. The molecule has 4 nitrogen and oxygen atoms in total. The standard InChI is InChI=1S/C16H13F3INO3/c17-16(18,19)24-14-4-2-1-3-11(14)9-21-15(22)10-23-13-7-5-12(20)6-8-13/h1-8H,9-10H2,(H,21,22). The van der Waals surface area contributed by atoms with Gasteiger partial charge >= 0.3 is 6.36 Å². The van der Waals surface area contributed by atoms with E-state index in [2.05, 4.69) is 32.6 Å². The number of nitrogens with one attached hydrogen (secondary N) is 1.